The first kappa shape index (κ1) is 16.3. The molecule has 0 saturated carbocycles. The maximum atomic E-state index is 12.9. The van der Waals surface area contributed by atoms with Crippen LogP contribution in [0, 0.1) is 6.92 Å². The number of benzene rings is 3. The Labute approximate surface area is 151 Å². The predicted octanol–water partition coefficient (Wildman–Crippen LogP) is 4.39. The molecular weight excluding hydrogens is 324 g/mol. The van der Waals surface area contributed by atoms with Crippen LogP contribution in [0.25, 0.3) is 11.0 Å². The molecule has 0 unspecified atom stereocenters. The van der Waals surface area contributed by atoms with Gasteiger partial charge in [0.25, 0.3) is 0 Å². The van der Waals surface area contributed by atoms with Gasteiger partial charge in [0.2, 0.25) is 0 Å². The van der Waals surface area contributed by atoms with Crippen LogP contribution in [0.1, 0.15) is 22.5 Å². The molecule has 0 saturated heterocycles. The Morgan fingerprint density at radius 1 is 0.769 bits per heavy atom. The second-order valence-corrected chi connectivity index (χ2v) is 6.32. The van der Waals surface area contributed by atoms with E-state index in [9.17, 15) is 9.90 Å². The van der Waals surface area contributed by atoms with Gasteiger partial charge in [-0.1, -0.05) is 72.8 Å². The summed E-state index contributed by atoms with van der Waals surface area (Å²) in [5.41, 5.74) is 0.463. The predicted molar refractivity (Wildman–Crippen MR) is 102 cm³/mol. The number of rotatable bonds is 3. The summed E-state index contributed by atoms with van der Waals surface area (Å²) in [5, 5.41) is 12.4. The zero-order valence-electron chi connectivity index (χ0n) is 14.3. The Bertz CT molecular complexity index is 1070. The van der Waals surface area contributed by atoms with Crippen molar-refractivity contribution in [1.29, 1.82) is 0 Å². The molecule has 0 bridgehead atoms. The van der Waals surface area contributed by atoms with E-state index in [1.807, 2.05) is 66.7 Å². The summed E-state index contributed by atoms with van der Waals surface area (Å²) in [4.78, 5) is 12.9. The van der Waals surface area contributed by atoms with E-state index in [1.165, 1.54) is 0 Å². The molecule has 3 nitrogen and oxygen atoms in total. The van der Waals surface area contributed by atoms with E-state index < -0.39 is 5.60 Å². The zero-order valence-corrected chi connectivity index (χ0v) is 14.3. The van der Waals surface area contributed by atoms with Gasteiger partial charge in [-0.05, 0) is 30.2 Å². The maximum absolute atomic E-state index is 12.9. The summed E-state index contributed by atoms with van der Waals surface area (Å²) in [5.74, 6) is 0.249. The summed E-state index contributed by atoms with van der Waals surface area (Å²) in [6, 6.07) is 25.7. The van der Waals surface area contributed by atoms with Crippen LogP contribution in [0.15, 0.2) is 94.1 Å². The molecule has 1 heterocycles. The van der Waals surface area contributed by atoms with Gasteiger partial charge in [0.15, 0.2) is 16.8 Å². The highest BCUT2D eigenvalue weighted by molar-refractivity contribution is 5.77. The molecule has 26 heavy (non-hydrogen) atoms. The molecule has 4 aromatic rings. The van der Waals surface area contributed by atoms with Crippen molar-refractivity contribution in [3.8, 4) is 0 Å². The maximum Gasteiger partial charge on any atom is 0.195 e. The summed E-state index contributed by atoms with van der Waals surface area (Å²) >= 11 is 0. The molecule has 0 aliphatic heterocycles. The van der Waals surface area contributed by atoms with Crippen LogP contribution in [-0.2, 0) is 5.60 Å². The topological polar surface area (TPSA) is 50.4 Å². The Balaban J connectivity index is 2.10. The van der Waals surface area contributed by atoms with E-state index in [0.29, 0.717) is 27.7 Å². The lowest BCUT2D eigenvalue weighted by Gasteiger charge is -2.29. The van der Waals surface area contributed by atoms with Crippen molar-refractivity contribution < 1.29 is 9.52 Å². The molecule has 3 heteroatoms. The molecule has 0 aliphatic rings. The fourth-order valence-corrected chi connectivity index (χ4v) is 3.37. The van der Waals surface area contributed by atoms with Crippen molar-refractivity contribution in [1.82, 2.24) is 0 Å². The minimum absolute atomic E-state index is 0.132. The SMILES string of the molecule is Cc1c(C(O)(c2ccccc2)c2ccccc2)oc2ccccc2c1=O. The average molecular weight is 342 g/mol. The molecule has 0 atom stereocenters. The highest BCUT2D eigenvalue weighted by atomic mass is 16.4. The first-order valence-corrected chi connectivity index (χ1v) is 8.48. The normalized spacial score (nSPS) is 11.6. The summed E-state index contributed by atoms with van der Waals surface area (Å²) in [6.45, 7) is 1.70. The minimum Gasteiger partial charge on any atom is -0.457 e. The van der Waals surface area contributed by atoms with Gasteiger partial charge in [-0.2, -0.15) is 0 Å². The molecule has 1 N–H and O–H groups in total. The second-order valence-electron chi connectivity index (χ2n) is 6.32. The van der Waals surface area contributed by atoms with E-state index in [1.54, 1.807) is 25.1 Å². The summed E-state index contributed by atoms with van der Waals surface area (Å²) in [7, 11) is 0. The monoisotopic (exact) mass is 342 g/mol. The molecule has 128 valence electrons. The molecule has 0 radical (unpaired) electrons. The highest BCUT2D eigenvalue weighted by Crippen LogP contribution is 2.38. The number of para-hydroxylation sites is 1. The highest BCUT2D eigenvalue weighted by Gasteiger charge is 2.38. The lowest BCUT2D eigenvalue weighted by Crippen LogP contribution is -2.31. The third-order valence-electron chi connectivity index (χ3n) is 4.74. The number of fused-ring (bicyclic) bond motifs is 1. The Hall–Kier alpha value is -3.17. The largest absolute Gasteiger partial charge is 0.457 e. The number of hydrogen-bond donors (Lipinski definition) is 1. The zero-order chi connectivity index (χ0) is 18.1. The third-order valence-corrected chi connectivity index (χ3v) is 4.74. The molecule has 0 spiro atoms. The van der Waals surface area contributed by atoms with E-state index in [-0.39, 0.29) is 11.2 Å². The third kappa shape index (κ3) is 2.45. The molecule has 0 fully saturated rings. The Morgan fingerprint density at radius 2 is 1.27 bits per heavy atom. The Morgan fingerprint density at radius 3 is 1.85 bits per heavy atom. The Kier molecular flexibility index (Phi) is 3.94. The van der Waals surface area contributed by atoms with Gasteiger partial charge in [-0.15, -0.1) is 0 Å². The van der Waals surface area contributed by atoms with Crippen molar-refractivity contribution >= 4 is 11.0 Å². The van der Waals surface area contributed by atoms with Crippen LogP contribution in [0.5, 0.6) is 0 Å². The molecular formula is C23H18O3. The van der Waals surface area contributed by atoms with Crippen LogP contribution in [0.4, 0.5) is 0 Å². The standard InChI is InChI=1S/C23H18O3/c1-16-21(24)19-14-8-9-15-20(19)26-22(16)23(25,17-10-4-2-5-11-17)18-12-6-3-7-13-18/h2-15,25H,1H3. The number of aliphatic hydroxyl groups is 1. The van der Waals surface area contributed by atoms with E-state index >= 15 is 0 Å². The van der Waals surface area contributed by atoms with Crippen molar-refractivity contribution in [2.45, 2.75) is 12.5 Å². The summed E-state index contributed by atoms with van der Waals surface area (Å²) in [6.07, 6.45) is 0. The smallest absolute Gasteiger partial charge is 0.195 e. The van der Waals surface area contributed by atoms with Crippen LogP contribution < -0.4 is 5.43 Å². The molecule has 0 amide bonds. The molecule has 4 rings (SSSR count). The van der Waals surface area contributed by atoms with Crippen molar-refractivity contribution in [2.75, 3.05) is 0 Å². The van der Waals surface area contributed by atoms with Crippen LogP contribution in [0.2, 0.25) is 0 Å². The molecule has 1 aromatic heterocycles. The second kappa shape index (κ2) is 6.28. The van der Waals surface area contributed by atoms with Crippen molar-refractivity contribution in [3.63, 3.8) is 0 Å². The lowest BCUT2D eigenvalue weighted by molar-refractivity contribution is 0.0984. The van der Waals surface area contributed by atoms with Crippen LogP contribution in [0.3, 0.4) is 0 Å². The first-order valence-electron chi connectivity index (χ1n) is 8.48. The van der Waals surface area contributed by atoms with Gasteiger partial charge < -0.3 is 9.52 Å². The van der Waals surface area contributed by atoms with Crippen LogP contribution in [-0.4, -0.2) is 5.11 Å². The lowest BCUT2D eigenvalue weighted by atomic mass is 9.82. The number of hydrogen-bond acceptors (Lipinski definition) is 3. The van der Waals surface area contributed by atoms with E-state index in [0.717, 1.165) is 0 Å². The average Bonchev–Trinajstić information content (AvgIpc) is 2.71. The van der Waals surface area contributed by atoms with E-state index in [2.05, 4.69) is 0 Å². The van der Waals surface area contributed by atoms with Gasteiger partial charge in [0.05, 0.1) is 5.39 Å². The van der Waals surface area contributed by atoms with E-state index in [4.69, 9.17) is 4.42 Å². The van der Waals surface area contributed by atoms with Gasteiger partial charge >= 0.3 is 0 Å². The minimum atomic E-state index is -1.56. The molecule has 3 aromatic carbocycles. The van der Waals surface area contributed by atoms with Crippen LogP contribution >= 0.6 is 0 Å². The first-order chi connectivity index (χ1) is 12.6. The van der Waals surface area contributed by atoms with Crippen molar-refractivity contribution in [3.05, 3.63) is 118 Å². The van der Waals surface area contributed by atoms with Gasteiger partial charge in [-0.3, -0.25) is 4.79 Å². The van der Waals surface area contributed by atoms with Gasteiger partial charge in [-0.25, -0.2) is 0 Å². The fourth-order valence-electron chi connectivity index (χ4n) is 3.37. The summed E-state index contributed by atoms with van der Waals surface area (Å²) < 4.78 is 6.10. The fraction of sp³-hybridized carbons (Fsp3) is 0.0870. The van der Waals surface area contributed by atoms with Gasteiger partial charge in [0.1, 0.15) is 5.58 Å². The van der Waals surface area contributed by atoms with Crippen molar-refractivity contribution in [2.24, 2.45) is 0 Å². The van der Waals surface area contributed by atoms with Gasteiger partial charge in [0, 0.05) is 5.56 Å². The molecule has 0 aliphatic carbocycles. The quantitative estimate of drug-likeness (QED) is 0.601.